The van der Waals surface area contributed by atoms with E-state index < -0.39 is 0 Å². The predicted octanol–water partition coefficient (Wildman–Crippen LogP) is 0.886. The molecule has 1 amide bonds. The van der Waals surface area contributed by atoms with E-state index in [4.69, 9.17) is 0 Å². The van der Waals surface area contributed by atoms with E-state index in [1.165, 1.54) is 4.68 Å². The Hall–Kier alpha value is -3.00. The van der Waals surface area contributed by atoms with Crippen LogP contribution in [0.1, 0.15) is 16.1 Å². The van der Waals surface area contributed by atoms with Gasteiger partial charge in [0.15, 0.2) is 0 Å². The maximum absolute atomic E-state index is 12.8. The molecule has 0 spiro atoms. The molecule has 1 aliphatic rings. The Kier molecular flexibility index (Phi) is 4.72. The van der Waals surface area contributed by atoms with Gasteiger partial charge in [0.1, 0.15) is 0 Å². The zero-order valence-electron chi connectivity index (χ0n) is 15.3. The van der Waals surface area contributed by atoms with Crippen LogP contribution in [-0.2, 0) is 6.54 Å². The minimum atomic E-state index is -0.0800. The number of hydrogen-bond acceptors (Lipinski definition) is 5. The molecule has 1 saturated heterocycles. The van der Waals surface area contributed by atoms with E-state index in [0.717, 1.165) is 36.4 Å². The number of nitrogens with one attached hydrogen (secondary N) is 1. The molecule has 0 radical (unpaired) electrons. The third kappa shape index (κ3) is 3.75. The number of amides is 1. The number of imidazole rings is 1. The summed E-state index contributed by atoms with van der Waals surface area (Å²) in [6.45, 7) is 6.12. The zero-order chi connectivity index (χ0) is 18.8. The van der Waals surface area contributed by atoms with Crippen LogP contribution in [0, 0.1) is 6.92 Å². The molecule has 2 aromatic heterocycles. The summed E-state index contributed by atoms with van der Waals surface area (Å²) < 4.78 is 1.51. The third-order valence-electron chi connectivity index (χ3n) is 4.95. The number of aryl methyl sites for hydroxylation is 1. The summed E-state index contributed by atoms with van der Waals surface area (Å²) in [5.74, 6) is 0.0442. The number of carbonyl (C=O) groups is 1. The Labute approximate surface area is 156 Å². The standard InChI is InChI=1S/C19H22N6O2/c1-14-2-5-18(26)25(22-14)11-8-23-6-9-24(10-7-23)19(27)15-3-4-16-17(12-15)21-13-20-16/h2-5,12-13H,6-11H2,1H3,(H,20,21). The average Bonchev–Trinajstić information content (AvgIpc) is 3.16. The average molecular weight is 366 g/mol. The van der Waals surface area contributed by atoms with E-state index in [1.807, 2.05) is 30.0 Å². The van der Waals surface area contributed by atoms with Gasteiger partial charge in [0.2, 0.25) is 0 Å². The highest BCUT2D eigenvalue weighted by Gasteiger charge is 2.22. The largest absolute Gasteiger partial charge is 0.345 e. The molecule has 8 nitrogen and oxygen atoms in total. The number of aromatic nitrogens is 4. The van der Waals surface area contributed by atoms with Crippen molar-refractivity contribution in [1.82, 2.24) is 29.5 Å². The fourth-order valence-electron chi connectivity index (χ4n) is 3.37. The summed E-state index contributed by atoms with van der Waals surface area (Å²) in [6.07, 6.45) is 1.63. The van der Waals surface area contributed by atoms with Crippen LogP contribution in [0.15, 0.2) is 41.5 Å². The number of benzene rings is 1. The van der Waals surface area contributed by atoms with E-state index in [1.54, 1.807) is 18.5 Å². The summed E-state index contributed by atoms with van der Waals surface area (Å²) >= 11 is 0. The van der Waals surface area contributed by atoms with Crippen LogP contribution in [-0.4, -0.2) is 68.2 Å². The predicted molar refractivity (Wildman–Crippen MR) is 102 cm³/mol. The number of H-pyrrole nitrogens is 1. The number of hydrogen-bond donors (Lipinski definition) is 1. The molecule has 27 heavy (non-hydrogen) atoms. The maximum Gasteiger partial charge on any atom is 0.266 e. The number of nitrogens with zero attached hydrogens (tertiary/aromatic N) is 5. The van der Waals surface area contributed by atoms with Gasteiger partial charge >= 0.3 is 0 Å². The van der Waals surface area contributed by atoms with Gasteiger partial charge in [-0.1, -0.05) is 0 Å². The molecule has 0 aliphatic carbocycles. The van der Waals surface area contributed by atoms with Crippen molar-refractivity contribution >= 4 is 16.9 Å². The molecular weight excluding hydrogens is 344 g/mol. The van der Waals surface area contributed by atoms with Crippen molar-refractivity contribution in [2.24, 2.45) is 0 Å². The van der Waals surface area contributed by atoms with Crippen LogP contribution in [0.2, 0.25) is 0 Å². The minimum Gasteiger partial charge on any atom is -0.345 e. The van der Waals surface area contributed by atoms with Crippen molar-refractivity contribution in [2.45, 2.75) is 13.5 Å². The van der Waals surface area contributed by atoms with E-state index >= 15 is 0 Å². The molecule has 140 valence electrons. The Morgan fingerprint density at radius 1 is 1.11 bits per heavy atom. The van der Waals surface area contributed by atoms with Crippen LogP contribution in [0.25, 0.3) is 11.0 Å². The fraction of sp³-hybridized carbons (Fsp3) is 0.368. The highest BCUT2D eigenvalue weighted by molar-refractivity contribution is 5.97. The summed E-state index contributed by atoms with van der Waals surface area (Å²) in [5, 5.41) is 4.27. The first-order valence-electron chi connectivity index (χ1n) is 9.10. The Bertz CT molecular complexity index is 1020. The lowest BCUT2D eigenvalue weighted by Crippen LogP contribution is -2.49. The van der Waals surface area contributed by atoms with Crippen LogP contribution >= 0.6 is 0 Å². The van der Waals surface area contributed by atoms with Gasteiger partial charge < -0.3 is 9.88 Å². The first kappa shape index (κ1) is 17.4. The van der Waals surface area contributed by atoms with Crippen molar-refractivity contribution in [3.63, 3.8) is 0 Å². The fourth-order valence-corrected chi connectivity index (χ4v) is 3.37. The molecule has 0 unspecified atom stereocenters. The summed E-state index contributed by atoms with van der Waals surface area (Å²) in [7, 11) is 0. The highest BCUT2D eigenvalue weighted by Crippen LogP contribution is 2.14. The van der Waals surface area contributed by atoms with Gasteiger partial charge in [-0.15, -0.1) is 0 Å². The normalized spacial score (nSPS) is 15.4. The number of fused-ring (bicyclic) bond motifs is 1. The Balaban J connectivity index is 1.33. The van der Waals surface area contributed by atoms with Crippen molar-refractivity contribution < 1.29 is 4.79 Å². The van der Waals surface area contributed by atoms with Gasteiger partial charge in [0, 0.05) is 44.4 Å². The number of carbonyl (C=O) groups excluding carboxylic acids is 1. The molecular formula is C19H22N6O2. The molecule has 3 heterocycles. The zero-order valence-corrected chi connectivity index (χ0v) is 15.3. The summed E-state index contributed by atoms with van der Waals surface area (Å²) in [4.78, 5) is 36.0. The molecule has 0 atom stereocenters. The molecule has 1 N–H and O–H groups in total. The van der Waals surface area contributed by atoms with Crippen LogP contribution in [0.3, 0.4) is 0 Å². The highest BCUT2D eigenvalue weighted by atomic mass is 16.2. The lowest BCUT2D eigenvalue weighted by atomic mass is 10.1. The number of rotatable bonds is 4. The quantitative estimate of drug-likeness (QED) is 0.741. The smallest absolute Gasteiger partial charge is 0.266 e. The van der Waals surface area contributed by atoms with E-state index in [-0.39, 0.29) is 11.5 Å². The van der Waals surface area contributed by atoms with Gasteiger partial charge in [0.25, 0.3) is 11.5 Å². The molecule has 3 aromatic rings. The second-order valence-electron chi connectivity index (χ2n) is 6.80. The third-order valence-corrected chi connectivity index (χ3v) is 4.95. The van der Waals surface area contributed by atoms with E-state index in [9.17, 15) is 9.59 Å². The van der Waals surface area contributed by atoms with Gasteiger partial charge in [-0.3, -0.25) is 14.5 Å². The van der Waals surface area contributed by atoms with Crippen molar-refractivity contribution in [3.05, 3.63) is 58.3 Å². The minimum absolute atomic E-state index is 0.0442. The van der Waals surface area contributed by atoms with Gasteiger partial charge in [-0.2, -0.15) is 5.10 Å². The second kappa shape index (κ2) is 7.32. The van der Waals surface area contributed by atoms with E-state index in [2.05, 4.69) is 20.0 Å². The topological polar surface area (TPSA) is 87.1 Å². The first-order chi connectivity index (χ1) is 13.1. The van der Waals surface area contributed by atoms with Crippen molar-refractivity contribution in [3.8, 4) is 0 Å². The number of aromatic amines is 1. The maximum atomic E-state index is 12.8. The van der Waals surface area contributed by atoms with Crippen molar-refractivity contribution in [2.75, 3.05) is 32.7 Å². The first-order valence-corrected chi connectivity index (χ1v) is 9.10. The summed E-state index contributed by atoms with van der Waals surface area (Å²) in [6, 6.07) is 8.82. The Morgan fingerprint density at radius 2 is 1.93 bits per heavy atom. The molecule has 1 aliphatic heterocycles. The van der Waals surface area contributed by atoms with Crippen LogP contribution < -0.4 is 5.56 Å². The Morgan fingerprint density at radius 3 is 2.74 bits per heavy atom. The van der Waals surface area contributed by atoms with Gasteiger partial charge in [-0.25, -0.2) is 9.67 Å². The molecule has 8 heteroatoms. The van der Waals surface area contributed by atoms with Gasteiger partial charge in [-0.05, 0) is 31.2 Å². The van der Waals surface area contributed by atoms with Crippen molar-refractivity contribution in [1.29, 1.82) is 0 Å². The lowest BCUT2D eigenvalue weighted by Gasteiger charge is -2.34. The van der Waals surface area contributed by atoms with E-state index in [0.29, 0.717) is 25.2 Å². The van der Waals surface area contributed by atoms with Crippen LogP contribution in [0.4, 0.5) is 0 Å². The lowest BCUT2D eigenvalue weighted by molar-refractivity contribution is 0.0631. The van der Waals surface area contributed by atoms with Crippen LogP contribution in [0.5, 0.6) is 0 Å². The van der Waals surface area contributed by atoms with Gasteiger partial charge in [0.05, 0.1) is 29.6 Å². The monoisotopic (exact) mass is 366 g/mol. The summed E-state index contributed by atoms with van der Waals surface area (Å²) in [5.41, 5.74) is 3.16. The molecule has 0 bridgehead atoms. The molecule has 1 aromatic carbocycles. The molecule has 1 fully saturated rings. The SMILES string of the molecule is Cc1ccc(=O)n(CCN2CCN(C(=O)c3ccc4nc[nH]c4c3)CC2)n1. The second-order valence-corrected chi connectivity index (χ2v) is 6.80. The molecule has 0 saturated carbocycles. The molecule has 4 rings (SSSR count). The number of piperazine rings is 1.